The maximum atomic E-state index is 13.9. The van der Waals surface area contributed by atoms with Crippen LogP contribution in [0, 0.1) is 23.3 Å². The maximum absolute atomic E-state index is 13.9. The van der Waals surface area contributed by atoms with Crippen molar-refractivity contribution in [3.8, 4) is 0 Å². The first-order valence-corrected chi connectivity index (χ1v) is 6.09. The molecule has 0 radical (unpaired) electrons. The highest BCUT2D eigenvalue weighted by Gasteiger charge is 2.24. The summed E-state index contributed by atoms with van der Waals surface area (Å²) in [6.07, 6.45) is 0. The van der Waals surface area contributed by atoms with Crippen molar-refractivity contribution in [2.75, 3.05) is 7.05 Å². The third-order valence-electron chi connectivity index (χ3n) is 2.93. The predicted molar refractivity (Wildman–Crippen MR) is 68.6 cm³/mol. The molecule has 2 aromatic carbocycles. The van der Waals surface area contributed by atoms with Crippen LogP contribution in [0.1, 0.15) is 17.2 Å². The first-order valence-electron chi connectivity index (χ1n) is 5.71. The fraction of sp³-hybridized carbons (Fsp3) is 0.143. The molecule has 0 aromatic heterocycles. The second-order valence-corrected chi connectivity index (χ2v) is 4.55. The first kappa shape index (κ1) is 14.8. The van der Waals surface area contributed by atoms with E-state index in [0.717, 1.165) is 24.3 Å². The van der Waals surface area contributed by atoms with Crippen LogP contribution < -0.4 is 5.32 Å². The molecule has 1 unspecified atom stereocenters. The summed E-state index contributed by atoms with van der Waals surface area (Å²) in [5.74, 6) is -3.41. The monoisotopic (exact) mass is 303 g/mol. The Kier molecular flexibility index (Phi) is 4.30. The van der Waals surface area contributed by atoms with E-state index in [1.54, 1.807) is 0 Å². The van der Waals surface area contributed by atoms with Gasteiger partial charge in [-0.3, -0.25) is 0 Å². The molecule has 0 aliphatic rings. The Labute approximate surface area is 118 Å². The Morgan fingerprint density at radius 3 is 2.10 bits per heavy atom. The van der Waals surface area contributed by atoms with Gasteiger partial charge in [0.1, 0.15) is 23.3 Å². The zero-order valence-corrected chi connectivity index (χ0v) is 11.1. The number of rotatable bonds is 3. The SMILES string of the molecule is CNC(c1cc(F)c(Cl)cc1F)c1c(F)cccc1F. The molecule has 0 heterocycles. The Bertz CT molecular complexity index is 625. The van der Waals surface area contributed by atoms with Gasteiger partial charge in [0.05, 0.1) is 11.1 Å². The highest BCUT2D eigenvalue weighted by atomic mass is 35.5. The second kappa shape index (κ2) is 5.81. The molecule has 0 saturated heterocycles. The van der Waals surface area contributed by atoms with Crippen molar-refractivity contribution in [3.63, 3.8) is 0 Å². The zero-order chi connectivity index (χ0) is 14.9. The lowest BCUT2D eigenvalue weighted by Gasteiger charge is -2.19. The first-order chi connectivity index (χ1) is 9.45. The topological polar surface area (TPSA) is 12.0 Å². The summed E-state index contributed by atoms with van der Waals surface area (Å²) >= 11 is 5.46. The van der Waals surface area contributed by atoms with E-state index >= 15 is 0 Å². The number of hydrogen-bond donors (Lipinski definition) is 1. The summed E-state index contributed by atoms with van der Waals surface area (Å²) in [7, 11) is 1.39. The van der Waals surface area contributed by atoms with Gasteiger partial charge in [0, 0.05) is 11.1 Å². The van der Waals surface area contributed by atoms with E-state index < -0.39 is 34.3 Å². The molecule has 106 valence electrons. The molecule has 0 bridgehead atoms. The van der Waals surface area contributed by atoms with Crippen LogP contribution in [0.4, 0.5) is 17.6 Å². The van der Waals surface area contributed by atoms with Gasteiger partial charge < -0.3 is 5.32 Å². The molecule has 0 fully saturated rings. The van der Waals surface area contributed by atoms with E-state index in [2.05, 4.69) is 5.32 Å². The summed E-state index contributed by atoms with van der Waals surface area (Å²) in [5.41, 5.74) is -0.603. The largest absolute Gasteiger partial charge is 0.309 e. The minimum atomic E-state index is -1.16. The average Bonchev–Trinajstić information content (AvgIpc) is 2.39. The third kappa shape index (κ3) is 2.64. The third-order valence-corrected chi connectivity index (χ3v) is 3.22. The summed E-state index contributed by atoms with van der Waals surface area (Å²) in [6.45, 7) is 0. The van der Waals surface area contributed by atoms with Gasteiger partial charge in [-0.25, -0.2) is 17.6 Å². The molecule has 2 rings (SSSR count). The highest BCUT2D eigenvalue weighted by molar-refractivity contribution is 6.30. The van der Waals surface area contributed by atoms with Gasteiger partial charge in [0.2, 0.25) is 0 Å². The van der Waals surface area contributed by atoms with Gasteiger partial charge in [-0.1, -0.05) is 17.7 Å². The average molecular weight is 304 g/mol. The van der Waals surface area contributed by atoms with Crippen molar-refractivity contribution < 1.29 is 17.6 Å². The summed E-state index contributed by atoms with van der Waals surface area (Å²) < 4.78 is 54.9. The standard InChI is InChI=1S/C14H10ClF4N/c1-20-14(13-9(16)3-2-4-10(13)17)7-5-12(19)8(15)6-11(7)18/h2-6,14,20H,1H3. The molecule has 0 spiro atoms. The number of nitrogens with one attached hydrogen (secondary N) is 1. The summed E-state index contributed by atoms with van der Waals surface area (Å²) in [4.78, 5) is 0. The van der Waals surface area contributed by atoms with Gasteiger partial charge in [0.25, 0.3) is 0 Å². The quantitative estimate of drug-likeness (QED) is 0.662. The Morgan fingerprint density at radius 2 is 1.55 bits per heavy atom. The van der Waals surface area contributed by atoms with Crippen LogP contribution in [0.25, 0.3) is 0 Å². The summed E-state index contributed by atoms with van der Waals surface area (Å²) in [6, 6.07) is 3.72. The van der Waals surface area contributed by atoms with E-state index in [4.69, 9.17) is 11.6 Å². The molecule has 1 atom stereocenters. The van der Waals surface area contributed by atoms with E-state index in [1.165, 1.54) is 13.1 Å². The Balaban J connectivity index is 2.62. The smallest absolute Gasteiger partial charge is 0.142 e. The lowest BCUT2D eigenvalue weighted by Crippen LogP contribution is -2.22. The minimum Gasteiger partial charge on any atom is -0.309 e. The van der Waals surface area contributed by atoms with E-state index in [-0.39, 0.29) is 11.1 Å². The van der Waals surface area contributed by atoms with Crippen molar-refractivity contribution in [1.82, 2.24) is 5.32 Å². The molecule has 0 amide bonds. The lowest BCUT2D eigenvalue weighted by atomic mass is 9.97. The molecule has 0 aliphatic heterocycles. The molecule has 1 N–H and O–H groups in total. The zero-order valence-electron chi connectivity index (χ0n) is 10.4. The summed E-state index contributed by atoms with van der Waals surface area (Å²) in [5, 5.41) is 2.18. The predicted octanol–water partition coefficient (Wildman–Crippen LogP) is 4.21. The van der Waals surface area contributed by atoms with Crippen molar-refractivity contribution in [3.05, 3.63) is 69.8 Å². The van der Waals surface area contributed by atoms with Crippen LogP contribution >= 0.6 is 11.6 Å². The maximum Gasteiger partial charge on any atom is 0.142 e. The van der Waals surface area contributed by atoms with E-state index in [1.807, 2.05) is 0 Å². The number of benzene rings is 2. The van der Waals surface area contributed by atoms with E-state index in [0.29, 0.717) is 0 Å². The molecule has 20 heavy (non-hydrogen) atoms. The molecular formula is C14H10ClF4N. The van der Waals surface area contributed by atoms with Crippen molar-refractivity contribution >= 4 is 11.6 Å². The lowest BCUT2D eigenvalue weighted by molar-refractivity contribution is 0.503. The van der Waals surface area contributed by atoms with Gasteiger partial charge in [-0.05, 0) is 31.3 Å². The molecule has 0 aliphatic carbocycles. The van der Waals surface area contributed by atoms with Crippen molar-refractivity contribution in [2.24, 2.45) is 0 Å². The van der Waals surface area contributed by atoms with Crippen LogP contribution in [0.5, 0.6) is 0 Å². The van der Waals surface area contributed by atoms with Crippen LogP contribution in [-0.4, -0.2) is 7.05 Å². The molecule has 0 saturated carbocycles. The van der Waals surface area contributed by atoms with Crippen molar-refractivity contribution in [1.29, 1.82) is 0 Å². The highest BCUT2D eigenvalue weighted by Crippen LogP contribution is 2.30. The van der Waals surface area contributed by atoms with Gasteiger partial charge in [-0.15, -0.1) is 0 Å². The Morgan fingerprint density at radius 1 is 0.950 bits per heavy atom. The Hall–Kier alpha value is -1.59. The number of hydrogen-bond acceptors (Lipinski definition) is 1. The fourth-order valence-corrected chi connectivity index (χ4v) is 2.15. The van der Waals surface area contributed by atoms with Crippen LogP contribution in [0.2, 0.25) is 5.02 Å². The van der Waals surface area contributed by atoms with Gasteiger partial charge in [-0.2, -0.15) is 0 Å². The molecule has 2 aromatic rings. The molecular weight excluding hydrogens is 294 g/mol. The normalized spacial score (nSPS) is 12.5. The van der Waals surface area contributed by atoms with Crippen LogP contribution in [0.3, 0.4) is 0 Å². The van der Waals surface area contributed by atoms with Gasteiger partial charge in [0.15, 0.2) is 0 Å². The minimum absolute atomic E-state index is 0.224. The second-order valence-electron chi connectivity index (χ2n) is 4.14. The van der Waals surface area contributed by atoms with Crippen LogP contribution in [-0.2, 0) is 0 Å². The van der Waals surface area contributed by atoms with Crippen molar-refractivity contribution in [2.45, 2.75) is 6.04 Å². The fourth-order valence-electron chi connectivity index (χ4n) is 2.00. The molecule has 6 heteroatoms. The van der Waals surface area contributed by atoms with E-state index in [9.17, 15) is 17.6 Å². The van der Waals surface area contributed by atoms with Crippen LogP contribution in [0.15, 0.2) is 30.3 Å². The molecule has 1 nitrogen and oxygen atoms in total. The number of halogens is 5. The van der Waals surface area contributed by atoms with Gasteiger partial charge >= 0.3 is 0 Å².